The van der Waals surface area contributed by atoms with Gasteiger partial charge in [0.1, 0.15) is 0 Å². The lowest BCUT2D eigenvalue weighted by atomic mass is 10.00. The van der Waals surface area contributed by atoms with Gasteiger partial charge in [0, 0.05) is 16.6 Å². The van der Waals surface area contributed by atoms with Crippen molar-refractivity contribution in [2.75, 3.05) is 6.54 Å². The van der Waals surface area contributed by atoms with Crippen LogP contribution in [0.1, 0.15) is 24.0 Å². The largest absolute Gasteiger partial charge is 0.473 e. The summed E-state index contributed by atoms with van der Waals surface area (Å²) < 4.78 is 0. The Morgan fingerprint density at radius 1 is 0.963 bits per heavy atom. The van der Waals surface area contributed by atoms with Crippen LogP contribution in [0.25, 0.3) is 22.2 Å². The number of carboxylic acid groups (broad SMARTS) is 2. The van der Waals surface area contributed by atoms with Crippen molar-refractivity contribution in [3.05, 3.63) is 59.7 Å². The third kappa shape index (κ3) is 5.43. The molecule has 1 aromatic heterocycles. The highest BCUT2D eigenvalue weighted by Crippen LogP contribution is 2.31. The van der Waals surface area contributed by atoms with Crippen LogP contribution < -0.4 is 5.73 Å². The Hall–Kier alpha value is -3.12. The number of hydrogen-bond acceptors (Lipinski definition) is 3. The lowest BCUT2D eigenvalue weighted by Gasteiger charge is -2.05. The van der Waals surface area contributed by atoms with Crippen LogP contribution >= 0.6 is 0 Å². The normalized spacial score (nSPS) is 10.3. The monoisotopic (exact) mass is 368 g/mol. The van der Waals surface area contributed by atoms with Crippen LogP contribution in [-0.4, -0.2) is 33.7 Å². The molecule has 0 saturated heterocycles. The molecule has 0 atom stereocenters. The maximum Gasteiger partial charge on any atom is 0.414 e. The number of carbonyl (C=O) groups is 2. The van der Waals surface area contributed by atoms with Crippen molar-refractivity contribution in [2.24, 2.45) is 5.73 Å². The Bertz CT molecular complexity index is 902. The van der Waals surface area contributed by atoms with Gasteiger partial charge in [0.25, 0.3) is 0 Å². The Balaban J connectivity index is 0.000000380. The van der Waals surface area contributed by atoms with Crippen molar-refractivity contribution in [3.8, 4) is 11.3 Å². The molecular formula is C21H24N2O4. The molecule has 3 aromatic rings. The molecule has 27 heavy (non-hydrogen) atoms. The second-order valence-corrected chi connectivity index (χ2v) is 6.25. The number of aryl methyl sites for hydroxylation is 2. The first-order valence-electron chi connectivity index (χ1n) is 8.77. The molecule has 0 unspecified atom stereocenters. The number of aromatic nitrogens is 1. The molecule has 0 aliphatic rings. The number of fused-ring (bicyclic) bond motifs is 1. The van der Waals surface area contributed by atoms with Crippen LogP contribution in [0.5, 0.6) is 0 Å². The molecule has 6 heteroatoms. The summed E-state index contributed by atoms with van der Waals surface area (Å²) in [4.78, 5) is 21.8. The van der Waals surface area contributed by atoms with Crippen LogP contribution in [0.3, 0.4) is 0 Å². The number of benzene rings is 2. The van der Waals surface area contributed by atoms with E-state index in [9.17, 15) is 0 Å². The fourth-order valence-corrected chi connectivity index (χ4v) is 2.87. The minimum Gasteiger partial charge on any atom is -0.473 e. The number of aromatic amines is 1. The summed E-state index contributed by atoms with van der Waals surface area (Å²) in [7, 11) is 0. The molecule has 2 aromatic carbocycles. The fourth-order valence-electron chi connectivity index (χ4n) is 2.87. The second kappa shape index (κ2) is 9.54. The van der Waals surface area contributed by atoms with E-state index in [0.29, 0.717) is 0 Å². The summed E-state index contributed by atoms with van der Waals surface area (Å²) in [5.74, 6) is -3.65. The van der Waals surface area contributed by atoms with Crippen molar-refractivity contribution in [1.82, 2.24) is 4.98 Å². The van der Waals surface area contributed by atoms with E-state index >= 15 is 0 Å². The highest BCUT2D eigenvalue weighted by atomic mass is 16.4. The summed E-state index contributed by atoms with van der Waals surface area (Å²) in [6.45, 7) is 2.89. The summed E-state index contributed by atoms with van der Waals surface area (Å²) >= 11 is 0. The Morgan fingerprint density at radius 3 is 2.19 bits per heavy atom. The standard InChI is InChI=1S/C19H22N2.C2H2O4/c1-14-9-11-15(12-10-14)19-17(7-4-5-13-20)16-6-2-3-8-18(16)21-19;3-1(4)2(5)6/h2-3,6,8-12,21H,4-5,7,13,20H2,1H3;(H,3,4)(H,5,6). The first-order chi connectivity index (χ1) is 12.9. The van der Waals surface area contributed by atoms with Gasteiger partial charge in [-0.15, -0.1) is 0 Å². The zero-order valence-corrected chi connectivity index (χ0v) is 15.2. The molecule has 0 bridgehead atoms. The first-order valence-corrected chi connectivity index (χ1v) is 8.77. The molecule has 5 N–H and O–H groups in total. The number of nitrogens with two attached hydrogens (primary N) is 1. The van der Waals surface area contributed by atoms with Crippen LogP contribution in [0.2, 0.25) is 0 Å². The van der Waals surface area contributed by atoms with Gasteiger partial charge in [0.2, 0.25) is 0 Å². The number of H-pyrrole nitrogens is 1. The second-order valence-electron chi connectivity index (χ2n) is 6.25. The van der Waals surface area contributed by atoms with Crippen LogP contribution in [-0.2, 0) is 16.0 Å². The van der Waals surface area contributed by atoms with Gasteiger partial charge in [-0.05, 0) is 49.9 Å². The van der Waals surface area contributed by atoms with Crippen molar-refractivity contribution < 1.29 is 19.8 Å². The topological polar surface area (TPSA) is 116 Å². The van der Waals surface area contributed by atoms with E-state index in [1.165, 1.54) is 33.3 Å². The molecule has 0 fully saturated rings. The Kier molecular flexibility index (Phi) is 7.14. The number of para-hydroxylation sites is 1. The van der Waals surface area contributed by atoms with Crippen molar-refractivity contribution in [2.45, 2.75) is 26.2 Å². The molecule has 0 saturated carbocycles. The molecule has 1 heterocycles. The van der Waals surface area contributed by atoms with Crippen LogP contribution in [0.4, 0.5) is 0 Å². The first kappa shape index (κ1) is 20.2. The quantitative estimate of drug-likeness (QED) is 0.406. The molecule has 0 radical (unpaired) electrons. The van der Waals surface area contributed by atoms with Crippen molar-refractivity contribution in [1.29, 1.82) is 0 Å². The third-order valence-electron chi connectivity index (χ3n) is 4.22. The van der Waals surface area contributed by atoms with Gasteiger partial charge in [-0.1, -0.05) is 48.0 Å². The van der Waals surface area contributed by atoms with Crippen LogP contribution in [0.15, 0.2) is 48.5 Å². The molecule has 0 spiro atoms. The molecule has 3 rings (SSSR count). The lowest BCUT2D eigenvalue weighted by Crippen LogP contribution is -2.09. The van der Waals surface area contributed by atoms with Gasteiger partial charge in [-0.3, -0.25) is 0 Å². The molecule has 142 valence electrons. The Labute approximate surface area is 157 Å². The fraction of sp³-hybridized carbons (Fsp3) is 0.238. The minimum absolute atomic E-state index is 0.766. The smallest absolute Gasteiger partial charge is 0.414 e. The number of nitrogens with one attached hydrogen (secondary N) is 1. The van der Waals surface area contributed by atoms with E-state index in [4.69, 9.17) is 25.5 Å². The van der Waals surface area contributed by atoms with Gasteiger partial charge >= 0.3 is 11.9 Å². The molecule has 0 amide bonds. The highest BCUT2D eigenvalue weighted by Gasteiger charge is 2.12. The van der Waals surface area contributed by atoms with Gasteiger partial charge in [0.15, 0.2) is 0 Å². The van der Waals surface area contributed by atoms with E-state index in [1.807, 2.05) is 0 Å². The average molecular weight is 368 g/mol. The molecule has 0 aliphatic heterocycles. The third-order valence-corrected chi connectivity index (χ3v) is 4.22. The van der Waals surface area contributed by atoms with Gasteiger partial charge in [-0.2, -0.15) is 0 Å². The molecule has 6 nitrogen and oxygen atoms in total. The van der Waals surface area contributed by atoms with E-state index in [1.54, 1.807) is 0 Å². The maximum absolute atomic E-state index is 9.10. The van der Waals surface area contributed by atoms with E-state index in [-0.39, 0.29) is 0 Å². The number of carboxylic acids is 2. The maximum atomic E-state index is 9.10. The Morgan fingerprint density at radius 2 is 1.59 bits per heavy atom. The van der Waals surface area contributed by atoms with Crippen molar-refractivity contribution >= 4 is 22.8 Å². The van der Waals surface area contributed by atoms with Gasteiger partial charge < -0.3 is 20.9 Å². The molecular weight excluding hydrogens is 344 g/mol. The minimum atomic E-state index is -1.82. The van der Waals surface area contributed by atoms with Gasteiger partial charge in [0.05, 0.1) is 0 Å². The van der Waals surface area contributed by atoms with E-state index < -0.39 is 11.9 Å². The summed E-state index contributed by atoms with van der Waals surface area (Å²) in [6.07, 6.45) is 3.29. The SMILES string of the molecule is Cc1ccc(-c2[nH]c3ccccc3c2CCCCN)cc1.O=C(O)C(=O)O. The highest BCUT2D eigenvalue weighted by molar-refractivity contribution is 6.27. The van der Waals surface area contributed by atoms with Gasteiger partial charge in [-0.25, -0.2) is 9.59 Å². The zero-order valence-electron chi connectivity index (χ0n) is 15.2. The summed E-state index contributed by atoms with van der Waals surface area (Å²) in [6, 6.07) is 17.3. The van der Waals surface area contributed by atoms with Crippen molar-refractivity contribution in [3.63, 3.8) is 0 Å². The summed E-state index contributed by atoms with van der Waals surface area (Å²) in [5.41, 5.74) is 12.1. The predicted octanol–water partition coefficient (Wildman–Crippen LogP) is 3.58. The number of unbranched alkanes of at least 4 members (excludes halogenated alkanes) is 1. The number of aliphatic carboxylic acids is 2. The van der Waals surface area contributed by atoms with Crippen LogP contribution in [0, 0.1) is 6.92 Å². The van der Waals surface area contributed by atoms with E-state index in [0.717, 1.165) is 25.8 Å². The lowest BCUT2D eigenvalue weighted by molar-refractivity contribution is -0.159. The zero-order chi connectivity index (χ0) is 19.8. The molecule has 0 aliphatic carbocycles. The number of rotatable bonds is 5. The van der Waals surface area contributed by atoms with E-state index in [2.05, 4.69) is 60.4 Å². The predicted molar refractivity (Wildman–Crippen MR) is 106 cm³/mol. The number of hydrogen-bond donors (Lipinski definition) is 4. The summed E-state index contributed by atoms with van der Waals surface area (Å²) in [5, 5.41) is 16.1. The average Bonchev–Trinajstić information content (AvgIpc) is 3.02.